The molecule has 3 atom stereocenters. The topological polar surface area (TPSA) is 55.8 Å². The Morgan fingerprint density at radius 3 is 2.79 bits per heavy atom. The van der Waals surface area contributed by atoms with E-state index in [1.807, 2.05) is 37.0 Å². The highest BCUT2D eigenvalue weighted by atomic mass is 16.7. The summed E-state index contributed by atoms with van der Waals surface area (Å²) in [6.07, 6.45) is 11.1. The summed E-state index contributed by atoms with van der Waals surface area (Å²) in [6.45, 7) is 9.86. The molecule has 2 heterocycles. The van der Waals surface area contributed by atoms with Crippen LogP contribution < -0.4 is 0 Å². The van der Waals surface area contributed by atoms with Crippen LogP contribution in [0.25, 0.3) is 0 Å². The third kappa shape index (κ3) is 5.30. The normalized spacial score (nSPS) is 28.0. The number of ketones is 1. The zero-order valence-electron chi connectivity index (χ0n) is 17.0. The van der Waals surface area contributed by atoms with Crippen LogP contribution in [0.1, 0.15) is 46.0 Å². The average molecular weight is 386 g/mol. The van der Waals surface area contributed by atoms with Crippen molar-refractivity contribution in [3.05, 3.63) is 47.6 Å². The highest BCUT2D eigenvalue weighted by molar-refractivity contribution is 5.96. The molecule has 5 heteroatoms. The summed E-state index contributed by atoms with van der Waals surface area (Å²) in [5, 5.41) is 0. The lowest BCUT2D eigenvalue weighted by atomic mass is 9.80. The van der Waals surface area contributed by atoms with Crippen LogP contribution >= 0.6 is 0 Å². The molecule has 0 aromatic rings. The molecule has 0 aromatic heterocycles. The molecule has 3 rings (SSSR count). The maximum Gasteiger partial charge on any atom is 0.246 e. The molecule has 0 N–H and O–H groups in total. The summed E-state index contributed by atoms with van der Waals surface area (Å²) >= 11 is 0. The van der Waals surface area contributed by atoms with Crippen molar-refractivity contribution in [2.45, 2.75) is 58.3 Å². The number of Topliss-reactive ketones (excluding diaryl/α,β-unsaturated/α-hetero) is 1. The van der Waals surface area contributed by atoms with Crippen molar-refractivity contribution in [2.24, 2.45) is 5.92 Å². The molecule has 0 spiro atoms. The smallest absolute Gasteiger partial charge is 0.246 e. The van der Waals surface area contributed by atoms with Crippen LogP contribution in [0.4, 0.5) is 0 Å². The Morgan fingerprint density at radius 2 is 2.07 bits per heavy atom. The van der Waals surface area contributed by atoms with E-state index in [0.717, 1.165) is 49.1 Å². The van der Waals surface area contributed by atoms with E-state index in [4.69, 9.17) is 9.47 Å². The highest BCUT2D eigenvalue weighted by Gasteiger charge is 2.36. The molecule has 1 amide bonds. The molecule has 5 nitrogen and oxygen atoms in total. The van der Waals surface area contributed by atoms with E-state index in [1.165, 1.54) is 6.42 Å². The summed E-state index contributed by atoms with van der Waals surface area (Å²) in [5.41, 5.74) is 2.74. The second-order valence-corrected chi connectivity index (χ2v) is 8.02. The first-order valence-corrected chi connectivity index (χ1v) is 10.3. The van der Waals surface area contributed by atoms with Gasteiger partial charge in [-0.2, -0.15) is 0 Å². The van der Waals surface area contributed by atoms with Gasteiger partial charge in [0.2, 0.25) is 5.91 Å². The monoisotopic (exact) mass is 385 g/mol. The number of fused-ring (bicyclic) bond motifs is 1. The summed E-state index contributed by atoms with van der Waals surface area (Å²) in [7, 11) is 0. The number of carbonyl (C=O) groups is 2. The summed E-state index contributed by atoms with van der Waals surface area (Å²) in [4.78, 5) is 26.6. The van der Waals surface area contributed by atoms with Crippen molar-refractivity contribution in [1.29, 1.82) is 0 Å². The minimum atomic E-state index is -0.484. The van der Waals surface area contributed by atoms with Crippen LogP contribution in [0.3, 0.4) is 0 Å². The van der Waals surface area contributed by atoms with Crippen molar-refractivity contribution in [2.75, 3.05) is 19.7 Å². The van der Waals surface area contributed by atoms with E-state index in [1.54, 1.807) is 6.08 Å². The fourth-order valence-corrected chi connectivity index (χ4v) is 3.85. The van der Waals surface area contributed by atoms with Crippen molar-refractivity contribution in [3.63, 3.8) is 0 Å². The first kappa shape index (κ1) is 20.7. The van der Waals surface area contributed by atoms with Gasteiger partial charge in [0, 0.05) is 31.5 Å². The van der Waals surface area contributed by atoms with Gasteiger partial charge in [0.15, 0.2) is 12.1 Å². The number of amides is 1. The maximum absolute atomic E-state index is 12.5. The molecule has 0 radical (unpaired) electrons. The van der Waals surface area contributed by atoms with Crippen molar-refractivity contribution in [1.82, 2.24) is 4.90 Å². The number of nitrogens with zero attached hydrogens (tertiary/aromatic N) is 1. The Kier molecular flexibility index (Phi) is 7.03. The lowest BCUT2D eigenvalue weighted by Crippen LogP contribution is -2.38. The summed E-state index contributed by atoms with van der Waals surface area (Å²) in [6, 6.07) is 0. The van der Waals surface area contributed by atoms with Gasteiger partial charge >= 0.3 is 0 Å². The summed E-state index contributed by atoms with van der Waals surface area (Å²) < 4.78 is 11.9. The molecule has 1 aliphatic carbocycles. The predicted octanol–water partition coefficient (Wildman–Crippen LogP) is 3.72. The van der Waals surface area contributed by atoms with Gasteiger partial charge in [-0.25, -0.2) is 0 Å². The molecule has 0 bridgehead atoms. The van der Waals surface area contributed by atoms with Gasteiger partial charge in [-0.15, -0.1) is 6.58 Å². The molecule has 0 aromatic carbocycles. The Hall–Kier alpha value is -1.98. The average Bonchev–Trinajstić information content (AvgIpc) is 2.67. The van der Waals surface area contributed by atoms with Crippen LogP contribution in [0.5, 0.6) is 0 Å². The lowest BCUT2D eigenvalue weighted by Gasteiger charge is -2.36. The Bertz CT molecular complexity index is 712. The molecule has 1 saturated heterocycles. The summed E-state index contributed by atoms with van der Waals surface area (Å²) in [5.74, 6) is 0.105. The molecular weight excluding hydrogens is 354 g/mol. The van der Waals surface area contributed by atoms with Gasteiger partial charge < -0.3 is 14.4 Å². The number of carbonyl (C=O) groups excluding carboxylic acids is 2. The second-order valence-electron chi connectivity index (χ2n) is 8.02. The van der Waals surface area contributed by atoms with Gasteiger partial charge in [-0.3, -0.25) is 9.59 Å². The van der Waals surface area contributed by atoms with Crippen LogP contribution in [0.2, 0.25) is 0 Å². The number of ether oxygens (including phenoxy) is 2. The van der Waals surface area contributed by atoms with Crippen LogP contribution in [-0.2, 0) is 19.1 Å². The quantitative estimate of drug-likeness (QED) is 0.516. The predicted molar refractivity (Wildman–Crippen MR) is 109 cm³/mol. The minimum Gasteiger partial charge on any atom is -0.349 e. The van der Waals surface area contributed by atoms with E-state index in [0.29, 0.717) is 13.0 Å². The SMILES string of the molecule is C=C(C)CCO[C@@H]1C=C(/C=C/C(=O)N2CCCCC2)[C@H]2CC(=O)C(C)=CC2O1. The number of allylic oxidation sites excluding steroid dienone is 2. The standard InChI is InChI=1S/C23H31NO4/c1-16(2)9-12-27-23-14-18(7-8-22(26)24-10-5-4-6-11-24)19-15-20(25)17(3)13-21(19)28-23/h7-8,13-14,19,21,23H,1,4-6,9-12,15H2,2-3H3/b8-7+/t19-,21?,23+/m1/s1. The zero-order chi connectivity index (χ0) is 20.1. The van der Waals surface area contributed by atoms with Crippen molar-refractivity contribution < 1.29 is 19.1 Å². The molecule has 0 saturated carbocycles. The molecule has 28 heavy (non-hydrogen) atoms. The van der Waals surface area contributed by atoms with Crippen molar-refractivity contribution >= 4 is 11.7 Å². The molecule has 152 valence electrons. The van der Waals surface area contributed by atoms with Gasteiger partial charge in [-0.1, -0.05) is 11.6 Å². The second kappa shape index (κ2) is 9.48. The fraction of sp³-hybridized carbons (Fsp3) is 0.565. The Morgan fingerprint density at radius 1 is 1.32 bits per heavy atom. The largest absolute Gasteiger partial charge is 0.349 e. The molecule has 3 aliphatic rings. The first-order chi connectivity index (χ1) is 13.4. The number of rotatable bonds is 6. The lowest BCUT2D eigenvalue weighted by molar-refractivity contribution is -0.152. The number of piperidine rings is 1. The van der Waals surface area contributed by atoms with E-state index < -0.39 is 6.29 Å². The van der Waals surface area contributed by atoms with Crippen LogP contribution in [0.15, 0.2) is 47.6 Å². The number of hydrogen-bond acceptors (Lipinski definition) is 4. The van der Waals surface area contributed by atoms with Crippen LogP contribution in [0, 0.1) is 5.92 Å². The number of hydrogen-bond donors (Lipinski definition) is 0. The highest BCUT2D eigenvalue weighted by Crippen LogP contribution is 2.35. The van der Waals surface area contributed by atoms with Gasteiger partial charge in [0.1, 0.15) is 0 Å². The van der Waals surface area contributed by atoms with Crippen molar-refractivity contribution in [3.8, 4) is 0 Å². The molecular formula is C23H31NO4. The number of likely N-dealkylation sites (tertiary alicyclic amines) is 1. The van der Waals surface area contributed by atoms with Gasteiger partial charge in [-0.05, 0) is 62.8 Å². The van der Waals surface area contributed by atoms with Crippen LogP contribution in [-0.4, -0.2) is 48.7 Å². The van der Waals surface area contributed by atoms with E-state index in [9.17, 15) is 9.59 Å². The Balaban J connectivity index is 1.74. The first-order valence-electron chi connectivity index (χ1n) is 10.3. The van der Waals surface area contributed by atoms with E-state index in [2.05, 4.69) is 6.58 Å². The van der Waals surface area contributed by atoms with E-state index in [-0.39, 0.29) is 23.7 Å². The molecule has 2 aliphatic heterocycles. The maximum atomic E-state index is 12.5. The third-order valence-corrected chi connectivity index (χ3v) is 5.60. The minimum absolute atomic E-state index is 0.0391. The van der Waals surface area contributed by atoms with Gasteiger partial charge in [0.25, 0.3) is 0 Å². The van der Waals surface area contributed by atoms with Gasteiger partial charge in [0.05, 0.1) is 12.7 Å². The zero-order valence-corrected chi connectivity index (χ0v) is 17.0. The van der Waals surface area contributed by atoms with E-state index >= 15 is 0 Å². The molecule has 1 fully saturated rings. The molecule has 1 unspecified atom stereocenters. The fourth-order valence-electron chi connectivity index (χ4n) is 3.85. The third-order valence-electron chi connectivity index (χ3n) is 5.60. The Labute approximate surface area is 167 Å².